The first kappa shape index (κ1) is 11.9. The number of hydrogen-bond donors (Lipinski definition) is 1. The van der Waals surface area contributed by atoms with Crippen molar-refractivity contribution in [3.63, 3.8) is 0 Å². The molecular formula is C11H14ClN5. The van der Waals surface area contributed by atoms with Crippen molar-refractivity contribution in [2.45, 2.75) is 19.4 Å². The van der Waals surface area contributed by atoms with Crippen LogP contribution in [0, 0.1) is 0 Å². The first-order valence-electron chi connectivity index (χ1n) is 5.53. The lowest BCUT2D eigenvalue weighted by Gasteiger charge is -2.05. The van der Waals surface area contributed by atoms with Gasteiger partial charge in [-0.1, -0.05) is 0 Å². The Kier molecular flexibility index (Phi) is 4.32. The first-order valence-corrected chi connectivity index (χ1v) is 5.90. The molecule has 2 heterocycles. The number of anilines is 1. The number of nitrogens with zero attached hydrogens (tertiary/aromatic N) is 4. The summed E-state index contributed by atoms with van der Waals surface area (Å²) in [5, 5.41) is 3.48. The van der Waals surface area contributed by atoms with E-state index in [1.165, 1.54) is 0 Å². The van der Waals surface area contributed by atoms with Crippen LogP contribution < -0.4 is 5.32 Å². The molecule has 5 nitrogen and oxygen atoms in total. The summed E-state index contributed by atoms with van der Waals surface area (Å²) < 4.78 is 2.07. The predicted molar refractivity (Wildman–Crippen MR) is 67.0 cm³/mol. The van der Waals surface area contributed by atoms with Crippen molar-refractivity contribution in [2.75, 3.05) is 11.9 Å². The van der Waals surface area contributed by atoms with E-state index in [9.17, 15) is 0 Å². The van der Waals surface area contributed by atoms with Crippen LogP contribution in [0.25, 0.3) is 0 Å². The van der Waals surface area contributed by atoms with Gasteiger partial charge in [0.15, 0.2) is 0 Å². The van der Waals surface area contributed by atoms with Gasteiger partial charge in [-0.15, -0.1) is 0 Å². The van der Waals surface area contributed by atoms with Gasteiger partial charge in [-0.05, 0) is 30.5 Å². The van der Waals surface area contributed by atoms with E-state index in [0.717, 1.165) is 31.7 Å². The highest BCUT2D eigenvalue weighted by Gasteiger charge is 1.95. The Hall–Kier alpha value is -1.62. The van der Waals surface area contributed by atoms with Gasteiger partial charge in [-0.3, -0.25) is 0 Å². The third kappa shape index (κ3) is 4.03. The van der Waals surface area contributed by atoms with Crippen LogP contribution in [0.1, 0.15) is 12.8 Å². The van der Waals surface area contributed by atoms with E-state index in [-0.39, 0.29) is 5.28 Å². The summed E-state index contributed by atoms with van der Waals surface area (Å²) in [5.74, 6) is 0.771. The highest BCUT2D eigenvalue weighted by atomic mass is 35.5. The Labute approximate surface area is 105 Å². The van der Waals surface area contributed by atoms with Crippen molar-refractivity contribution in [2.24, 2.45) is 0 Å². The molecule has 0 radical (unpaired) electrons. The van der Waals surface area contributed by atoms with Crippen molar-refractivity contribution < 1.29 is 0 Å². The fourth-order valence-corrected chi connectivity index (χ4v) is 1.64. The lowest BCUT2D eigenvalue weighted by molar-refractivity contribution is 0.620. The molecule has 0 spiro atoms. The third-order valence-electron chi connectivity index (χ3n) is 2.33. The lowest BCUT2D eigenvalue weighted by atomic mass is 10.3. The molecule has 0 aliphatic carbocycles. The second-order valence-corrected chi connectivity index (χ2v) is 3.98. The van der Waals surface area contributed by atoms with Gasteiger partial charge in [-0.2, -0.15) is 0 Å². The van der Waals surface area contributed by atoms with E-state index in [1.54, 1.807) is 12.4 Å². The molecule has 0 amide bonds. The molecule has 0 saturated carbocycles. The molecule has 0 bridgehead atoms. The van der Waals surface area contributed by atoms with Crippen molar-refractivity contribution >= 4 is 17.4 Å². The molecule has 17 heavy (non-hydrogen) atoms. The van der Waals surface area contributed by atoms with Crippen LogP contribution in [0.15, 0.2) is 31.0 Å². The summed E-state index contributed by atoms with van der Waals surface area (Å²) in [6, 6.07) is 1.81. The molecule has 6 heteroatoms. The van der Waals surface area contributed by atoms with Gasteiger partial charge in [0.1, 0.15) is 5.82 Å². The Balaban J connectivity index is 1.63. The normalized spacial score (nSPS) is 10.4. The van der Waals surface area contributed by atoms with Crippen LogP contribution in [0.4, 0.5) is 5.82 Å². The van der Waals surface area contributed by atoms with Crippen molar-refractivity contribution in [1.82, 2.24) is 19.5 Å². The zero-order valence-electron chi connectivity index (χ0n) is 9.38. The number of rotatable bonds is 6. The lowest BCUT2D eigenvalue weighted by Crippen LogP contribution is -2.05. The standard InChI is InChI=1S/C11H14ClN5/c12-11-15-5-3-10(16-11)14-4-1-2-7-17-8-6-13-9-17/h3,5-6,8-9H,1-2,4,7H2,(H,14,15,16). The molecule has 0 atom stereocenters. The monoisotopic (exact) mass is 251 g/mol. The Bertz CT molecular complexity index is 443. The molecule has 2 aromatic rings. The summed E-state index contributed by atoms with van der Waals surface area (Å²) in [4.78, 5) is 11.9. The first-order chi connectivity index (χ1) is 8.34. The van der Waals surface area contributed by atoms with E-state index in [0.29, 0.717) is 0 Å². The van der Waals surface area contributed by atoms with Gasteiger partial charge in [0.25, 0.3) is 0 Å². The van der Waals surface area contributed by atoms with Crippen molar-refractivity contribution in [1.29, 1.82) is 0 Å². The zero-order valence-corrected chi connectivity index (χ0v) is 10.1. The minimum absolute atomic E-state index is 0.272. The number of hydrogen-bond acceptors (Lipinski definition) is 4. The maximum absolute atomic E-state index is 5.68. The Morgan fingerprint density at radius 1 is 1.29 bits per heavy atom. The van der Waals surface area contributed by atoms with E-state index in [4.69, 9.17) is 11.6 Å². The second kappa shape index (κ2) is 6.20. The summed E-state index contributed by atoms with van der Waals surface area (Å²) >= 11 is 5.68. The van der Waals surface area contributed by atoms with Gasteiger partial charge in [0.05, 0.1) is 6.33 Å². The van der Waals surface area contributed by atoms with Crippen LogP contribution in [0.5, 0.6) is 0 Å². The predicted octanol–water partition coefficient (Wildman–Crippen LogP) is 2.22. The molecular weight excluding hydrogens is 238 g/mol. The molecule has 0 saturated heterocycles. The number of imidazole rings is 1. The van der Waals surface area contributed by atoms with E-state index in [1.807, 2.05) is 18.6 Å². The smallest absolute Gasteiger partial charge is 0.224 e. The molecule has 2 aromatic heterocycles. The molecule has 0 unspecified atom stereocenters. The minimum atomic E-state index is 0.272. The summed E-state index contributed by atoms with van der Waals surface area (Å²) in [6.45, 7) is 1.87. The number of halogens is 1. The molecule has 0 aromatic carbocycles. The molecule has 0 fully saturated rings. The van der Waals surface area contributed by atoms with Gasteiger partial charge in [-0.25, -0.2) is 15.0 Å². The molecule has 0 aliphatic heterocycles. The third-order valence-corrected chi connectivity index (χ3v) is 2.52. The number of unbranched alkanes of at least 4 members (excludes halogenated alkanes) is 1. The van der Waals surface area contributed by atoms with Gasteiger partial charge >= 0.3 is 0 Å². The molecule has 1 N–H and O–H groups in total. The largest absolute Gasteiger partial charge is 0.370 e. The topological polar surface area (TPSA) is 55.6 Å². The van der Waals surface area contributed by atoms with Crippen molar-refractivity contribution in [3.8, 4) is 0 Å². The van der Waals surface area contributed by atoms with Crippen LogP contribution in [-0.2, 0) is 6.54 Å². The molecule has 2 rings (SSSR count). The second-order valence-electron chi connectivity index (χ2n) is 3.65. The molecule has 0 aliphatic rings. The number of aromatic nitrogens is 4. The fourth-order valence-electron chi connectivity index (χ4n) is 1.49. The maximum atomic E-state index is 5.68. The van der Waals surface area contributed by atoms with Gasteiger partial charge in [0.2, 0.25) is 5.28 Å². The van der Waals surface area contributed by atoms with Gasteiger partial charge in [0, 0.05) is 31.7 Å². The Morgan fingerprint density at radius 2 is 2.24 bits per heavy atom. The van der Waals surface area contributed by atoms with Crippen LogP contribution >= 0.6 is 11.6 Å². The zero-order chi connectivity index (χ0) is 11.9. The van der Waals surface area contributed by atoms with E-state index in [2.05, 4.69) is 24.8 Å². The Morgan fingerprint density at radius 3 is 3.00 bits per heavy atom. The summed E-state index contributed by atoms with van der Waals surface area (Å²) in [7, 11) is 0. The minimum Gasteiger partial charge on any atom is -0.370 e. The maximum Gasteiger partial charge on any atom is 0.224 e. The van der Waals surface area contributed by atoms with Crippen molar-refractivity contribution in [3.05, 3.63) is 36.3 Å². The van der Waals surface area contributed by atoms with E-state index >= 15 is 0 Å². The average Bonchev–Trinajstić information content (AvgIpc) is 2.82. The highest BCUT2D eigenvalue weighted by molar-refractivity contribution is 6.28. The van der Waals surface area contributed by atoms with E-state index < -0.39 is 0 Å². The SMILES string of the molecule is Clc1nccc(NCCCCn2ccnc2)n1. The number of aryl methyl sites for hydroxylation is 1. The summed E-state index contributed by atoms with van der Waals surface area (Å²) in [5.41, 5.74) is 0. The molecule has 90 valence electrons. The summed E-state index contributed by atoms with van der Waals surface area (Å²) in [6.07, 6.45) is 9.40. The average molecular weight is 252 g/mol. The van der Waals surface area contributed by atoms with Crippen LogP contribution in [-0.4, -0.2) is 26.1 Å². The number of nitrogens with one attached hydrogen (secondary N) is 1. The highest BCUT2D eigenvalue weighted by Crippen LogP contribution is 2.06. The van der Waals surface area contributed by atoms with Gasteiger partial charge < -0.3 is 9.88 Å². The van der Waals surface area contributed by atoms with Crippen LogP contribution in [0.3, 0.4) is 0 Å². The fraction of sp³-hybridized carbons (Fsp3) is 0.364. The van der Waals surface area contributed by atoms with Crippen LogP contribution in [0.2, 0.25) is 5.28 Å². The quantitative estimate of drug-likeness (QED) is 0.632.